The third-order valence-corrected chi connectivity index (χ3v) is 3.97. The van der Waals surface area contributed by atoms with Gasteiger partial charge in [-0.05, 0) is 30.0 Å². The smallest absolute Gasteiger partial charge is 0.223 e. The number of ketones is 1. The summed E-state index contributed by atoms with van der Waals surface area (Å²) < 4.78 is 5.43. The molecule has 1 aliphatic rings. The Bertz CT molecular complexity index is 816. The van der Waals surface area contributed by atoms with E-state index in [1.807, 2.05) is 37.2 Å². The van der Waals surface area contributed by atoms with Gasteiger partial charge >= 0.3 is 0 Å². The summed E-state index contributed by atoms with van der Waals surface area (Å²) in [6.07, 6.45) is 6.57. The molecule has 5 nitrogen and oxygen atoms in total. The molecule has 3 rings (SSSR count). The SMILES string of the molecule is CON=C1CCc2cc(-c3ccoc3C(=O)C=CN(C)C)ccc21. The molecule has 0 aliphatic heterocycles. The minimum Gasteiger partial charge on any atom is -0.460 e. The van der Waals surface area contributed by atoms with Gasteiger partial charge in [-0.15, -0.1) is 0 Å². The fraction of sp³-hybridized carbons (Fsp3) is 0.263. The molecule has 0 fully saturated rings. The van der Waals surface area contributed by atoms with Crippen LogP contribution in [0.5, 0.6) is 0 Å². The van der Waals surface area contributed by atoms with Gasteiger partial charge in [0.05, 0.1) is 12.0 Å². The van der Waals surface area contributed by atoms with Gasteiger partial charge in [-0.25, -0.2) is 0 Å². The van der Waals surface area contributed by atoms with Gasteiger partial charge in [-0.2, -0.15) is 0 Å². The molecule has 0 saturated carbocycles. The average molecular weight is 324 g/mol. The number of hydrogen-bond donors (Lipinski definition) is 0. The van der Waals surface area contributed by atoms with Gasteiger partial charge in [-0.1, -0.05) is 23.4 Å². The number of oxime groups is 1. The van der Waals surface area contributed by atoms with Crippen molar-refractivity contribution in [3.8, 4) is 11.1 Å². The highest BCUT2D eigenvalue weighted by molar-refractivity contribution is 6.08. The van der Waals surface area contributed by atoms with Gasteiger partial charge in [0, 0.05) is 37.5 Å². The Morgan fingerprint density at radius 3 is 2.83 bits per heavy atom. The van der Waals surface area contributed by atoms with Crippen LogP contribution in [0.15, 0.2) is 52.4 Å². The van der Waals surface area contributed by atoms with Crippen LogP contribution in [-0.2, 0) is 11.3 Å². The van der Waals surface area contributed by atoms with Crippen LogP contribution in [0.3, 0.4) is 0 Å². The van der Waals surface area contributed by atoms with E-state index in [1.54, 1.807) is 19.6 Å². The maximum Gasteiger partial charge on any atom is 0.223 e. The van der Waals surface area contributed by atoms with Crippen molar-refractivity contribution >= 4 is 11.5 Å². The number of allylic oxidation sites excluding steroid dienone is 1. The van der Waals surface area contributed by atoms with E-state index in [1.165, 1.54) is 11.6 Å². The van der Waals surface area contributed by atoms with Gasteiger partial charge in [0.25, 0.3) is 0 Å². The molecule has 0 saturated heterocycles. The predicted molar refractivity (Wildman–Crippen MR) is 93.2 cm³/mol. The minimum atomic E-state index is -0.147. The first-order chi connectivity index (χ1) is 11.6. The molecule has 0 atom stereocenters. The zero-order chi connectivity index (χ0) is 17.1. The van der Waals surface area contributed by atoms with E-state index >= 15 is 0 Å². The van der Waals surface area contributed by atoms with Crippen LogP contribution in [0, 0.1) is 0 Å². The molecule has 1 heterocycles. The molecular formula is C19H20N2O3. The number of carbonyl (C=O) groups excluding carboxylic acids is 1. The van der Waals surface area contributed by atoms with E-state index < -0.39 is 0 Å². The number of nitrogens with zero attached hydrogens (tertiary/aromatic N) is 2. The van der Waals surface area contributed by atoms with Crippen molar-refractivity contribution in [2.45, 2.75) is 12.8 Å². The van der Waals surface area contributed by atoms with Crippen molar-refractivity contribution in [3.63, 3.8) is 0 Å². The lowest BCUT2D eigenvalue weighted by Crippen LogP contribution is -2.03. The summed E-state index contributed by atoms with van der Waals surface area (Å²) in [5, 5.41) is 4.07. The van der Waals surface area contributed by atoms with Crippen molar-refractivity contribution in [2.24, 2.45) is 5.16 Å². The highest BCUT2D eigenvalue weighted by Gasteiger charge is 2.21. The Labute approximate surface area is 141 Å². The molecule has 0 unspecified atom stereocenters. The van der Waals surface area contributed by atoms with E-state index in [-0.39, 0.29) is 5.78 Å². The lowest BCUT2D eigenvalue weighted by Gasteiger charge is -2.05. The van der Waals surface area contributed by atoms with E-state index in [2.05, 4.69) is 11.2 Å². The normalized spacial score (nSPS) is 15.0. The Morgan fingerprint density at radius 1 is 1.25 bits per heavy atom. The fourth-order valence-corrected chi connectivity index (χ4v) is 2.86. The molecule has 2 aromatic rings. The average Bonchev–Trinajstić information content (AvgIpc) is 3.20. The monoisotopic (exact) mass is 324 g/mol. The second kappa shape index (κ2) is 6.74. The highest BCUT2D eigenvalue weighted by Crippen LogP contribution is 2.31. The second-order valence-electron chi connectivity index (χ2n) is 5.90. The Kier molecular flexibility index (Phi) is 4.51. The largest absolute Gasteiger partial charge is 0.460 e. The maximum absolute atomic E-state index is 12.3. The first kappa shape index (κ1) is 16.1. The Balaban J connectivity index is 1.93. The van der Waals surface area contributed by atoms with Crippen molar-refractivity contribution in [1.82, 2.24) is 4.90 Å². The lowest BCUT2D eigenvalue weighted by atomic mass is 9.99. The summed E-state index contributed by atoms with van der Waals surface area (Å²) >= 11 is 0. The van der Waals surface area contributed by atoms with Crippen molar-refractivity contribution in [3.05, 3.63) is 59.7 Å². The molecule has 0 spiro atoms. The third kappa shape index (κ3) is 3.11. The number of aryl methyl sites for hydroxylation is 1. The standard InChI is InChI=1S/C19H20N2O3/c1-21(2)10-8-18(22)19-16(9-11-24-19)14-4-6-15-13(12-14)5-7-17(15)20-23-3/h4,6,8-12H,5,7H2,1-3H3. The first-order valence-corrected chi connectivity index (χ1v) is 7.80. The number of fused-ring (bicyclic) bond motifs is 1. The molecular weight excluding hydrogens is 304 g/mol. The number of furan rings is 1. The maximum atomic E-state index is 12.3. The molecule has 1 aliphatic carbocycles. The molecule has 124 valence electrons. The third-order valence-electron chi connectivity index (χ3n) is 3.97. The number of rotatable bonds is 5. The molecule has 0 N–H and O–H groups in total. The van der Waals surface area contributed by atoms with Gasteiger partial charge in [0.2, 0.25) is 5.78 Å². The molecule has 0 radical (unpaired) electrons. The first-order valence-electron chi connectivity index (χ1n) is 7.80. The van der Waals surface area contributed by atoms with Crippen molar-refractivity contribution < 1.29 is 14.0 Å². The Morgan fingerprint density at radius 2 is 2.08 bits per heavy atom. The summed E-state index contributed by atoms with van der Waals surface area (Å²) in [6, 6.07) is 7.96. The van der Waals surface area contributed by atoms with Crippen LogP contribution >= 0.6 is 0 Å². The van der Waals surface area contributed by atoms with E-state index in [0.717, 1.165) is 35.2 Å². The molecule has 1 aromatic carbocycles. The van der Waals surface area contributed by atoms with Gasteiger partial charge in [0.1, 0.15) is 7.11 Å². The van der Waals surface area contributed by atoms with Crippen LogP contribution in [0.1, 0.15) is 28.1 Å². The number of hydrogen-bond acceptors (Lipinski definition) is 5. The summed E-state index contributed by atoms with van der Waals surface area (Å²) in [4.78, 5) is 19.0. The van der Waals surface area contributed by atoms with Gasteiger partial charge in [0.15, 0.2) is 5.76 Å². The number of carbonyl (C=O) groups is 1. The second-order valence-corrected chi connectivity index (χ2v) is 5.90. The molecule has 0 bridgehead atoms. The van der Waals surface area contributed by atoms with Crippen LogP contribution < -0.4 is 0 Å². The van der Waals surface area contributed by atoms with Crippen molar-refractivity contribution in [1.29, 1.82) is 0 Å². The molecule has 0 amide bonds. The van der Waals surface area contributed by atoms with E-state index in [4.69, 9.17) is 9.25 Å². The molecule has 5 heteroatoms. The summed E-state index contributed by atoms with van der Waals surface area (Å²) in [5.74, 6) is 0.211. The lowest BCUT2D eigenvalue weighted by molar-refractivity contribution is 0.102. The summed E-state index contributed by atoms with van der Waals surface area (Å²) in [7, 11) is 5.29. The zero-order valence-corrected chi connectivity index (χ0v) is 14.1. The summed E-state index contributed by atoms with van der Waals surface area (Å²) in [6.45, 7) is 0. The van der Waals surface area contributed by atoms with E-state index in [9.17, 15) is 4.79 Å². The van der Waals surface area contributed by atoms with Crippen LogP contribution in [-0.4, -0.2) is 37.6 Å². The van der Waals surface area contributed by atoms with Crippen LogP contribution in [0.25, 0.3) is 11.1 Å². The quantitative estimate of drug-likeness (QED) is 0.480. The van der Waals surface area contributed by atoms with Gasteiger partial charge < -0.3 is 14.2 Å². The topological polar surface area (TPSA) is 55.0 Å². The van der Waals surface area contributed by atoms with Gasteiger partial charge in [-0.3, -0.25) is 4.79 Å². The highest BCUT2D eigenvalue weighted by atomic mass is 16.6. The predicted octanol–water partition coefficient (Wildman–Crippen LogP) is 3.50. The number of benzene rings is 1. The zero-order valence-electron chi connectivity index (χ0n) is 14.1. The molecule has 24 heavy (non-hydrogen) atoms. The molecule has 1 aromatic heterocycles. The minimum absolute atomic E-state index is 0.147. The van der Waals surface area contributed by atoms with Crippen LogP contribution in [0.4, 0.5) is 0 Å². The Hall–Kier alpha value is -2.82. The van der Waals surface area contributed by atoms with Crippen LogP contribution in [0.2, 0.25) is 0 Å². The fourth-order valence-electron chi connectivity index (χ4n) is 2.86. The van der Waals surface area contributed by atoms with E-state index in [0.29, 0.717) is 5.76 Å². The summed E-state index contributed by atoms with van der Waals surface area (Å²) in [5.41, 5.74) is 5.08. The van der Waals surface area contributed by atoms with Crippen molar-refractivity contribution in [2.75, 3.05) is 21.2 Å².